The number of carboxylic acids is 1. The highest BCUT2D eigenvalue weighted by Crippen LogP contribution is 2.14. The van der Waals surface area contributed by atoms with Crippen LogP contribution in [0.4, 0.5) is 0 Å². The van der Waals surface area contributed by atoms with Gasteiger partial charge in [0.2, 0.25) is 5.91 Å². The Morgan fingerprint density at radius 2 is 1.96 bits per heavy atom. The molecule has 8 heteroatoms. The SMILES string of the molecule is CCCC[C@H](C(=O)N[C@@H](C)C(=O)O)n1c(=O)[nH]c2ccccc2c1=O. The van der Waals surface area contributed by atoms with E-state index in [-0.39, 0.29) is 6.42 Å². The topological polar surface area (TPSA) is 121 Å². The number of benzene rings is 1. The van der Waals surface area contributed by atoms with Crippen LogP contribution in [0.25, 0.3) is 10.9 Å². The van der Waals surface area contributed by atoms with Crippen molar-refractivity contribution in [2.75, 3.05) is 0 Å². The quantitative estimate of drug-likeness (QED) is 0.690. The molecule has 0 saturated carbocycles. The van der Waals surface area contributed by atoms with Gasteiger partial charge in [0.1, 0.15) is 12.1 Å². The lowest BCUT2D eigenvalue weighted by Crippen LogP contribution is -2.48. The first-order valence-electron chi connectivity index (χ1n) is 8.13. The number of H-pyrrole nitrogens is 1. The normalized spacial score (nSPS) is 13.4. The molecule has 1 heterocycles. The fourth-order valence-electron chi connectivity index (χ4n) is 2.61. The van der Waals surface area contributed by atoms with Crippen molar-refractivity contribution in [2.24, 2.45) is 0 Å². The van der Waals surface area contributed by atoms with E-state index in [2.05, 4.69) is 10.3 Å². The number of rotatable bonds is 7. The molecule has 134 valence electrons. The lowest BCUT2D eigenvalue weighted by atomic mass is 10.1. The van der Waals surface area contributed by atoms with Gasteiger partial charge in [0.05, 0.1) is 10.9 Å². The van der Waals surface area contributed by atoms with Crippen LogP contribution in [-0.2, 0) is 9.59 Å². The molecule has 1 amide bonds. The molecule has 8 nitrogen and oxygen atoms in total. The number of hydrogen-bond donors (Lipinski definition) is 3. The number of aromatic nitrogens is 2. The molecule has 1 aromatic carbocycles. The van der Waals surface area contributed by atoms with E-state index >= 15 is 0 Å². The number of nitrogens with zero attached hydrogens (tertiary/aromatic N) is 1. The zero-order valence-electron chi connectivity index (χ0n) is 14.1. The second-order valence-corrected chi connectivity index (χ2v) is 5.88. The van der Waals surface area contributed by atoms with Crippen molar-refractivity contribution < 1.29 is 14.7 Å². The van der Waals surface area contributed by atoms with Crippen molar-refractivity contribution in [3.8, 4) is 0 Å². The van der Waals surface area contributed by atoms with Crippen molar-refractivity contribution >= 4 is 22.8 Å². The summed E-state index contributed by atoms with van der Waals surface area (Å²) in [5, 5.41) is 11.6. The number of nitrogens with one attached hydrogen (secondary N) is 2. The molecule has 0 saturated heterocycles. The Balaban J connectivity index is 2.53. The second kappa shape index (κ2) is 7.78. The third-order valence-corrected chi connectivity index (χ3v) is 4.01. The predicted octanol–water partition coefficient (Wildman–Crippen LogP) is 1.01. The van der Waals surface area contributed by atoms with Gasteiger partial charge < -0.3 is 15.4 Å². The van der Waals surface area contributed by atoms with Crippen molar-refractivity contribution in [1.29, 1.82) is 0 Å². The molecular weight excluding hydrogens is 326 g/mol. The zero-order chi connectivity index (χ0) is 18.6. The summed E-state index contributed by atoms with van der Waals surface area (Å²) in [4.78, 5) is 51.2. The fourth-order valence-corrected chi connectivity index (χ4v) is 2.61. The van der Waals surface area contributed by atoms with Gasteiger partial charge in [0.15, 0.2) is 0 Å². The average molecular weight is 347 g/mol. The fraction of sp³-hybridized carbons (Fsp3) is 0.412. The lowest BCUT2D eigenvalue weighted by molar-refractivity contribution is -0.141. The van der Waals surface area contributed by atoms with E-state index in [4.69, 9.17) is 5.11 Å². The Morgan fingerprint density at radius 3 is 2.60 bits per heavy atom. The molecule has 0 aliphatic carbocycles. The number of carbonyl (C=O) groups is 2. The Morgan fingerprint density at radius 1 is 1.28 bits per heavy atom. The first kappa shape index (κ1) is 18.4. The van der Waals surface area contributed by atoms with Crippen LogP contribution in [0.2, 0.25) is 0 Å². The standard InChI is InChI=1S/C17H21N3O5/c1-3-4-9-13(14(21)18-10(2)16(23)24)20-15(22)11-7-5-6-8-12(11)19-17(20)25/h5-8,10,13H,3-4,9H2,1-2H3,(H,18,21)(H,19,25)(H,23,24)/t10-,13+/m0/s1. The zero-order valence-corrected chi connectivity index (χ0v) is 14.1. The minimum atomic E-state index is -1.19. The van der Waals surface area contributed by atoms with Crippen molar-refractivity contribution in [1.82, 2.24) is 14.9 Å². The van der Waals surface area contributed by atoms with Crippen LogP contribution in [0.15, 0.2) is 33.9 Å². The number of para-hydroxylation sites is 1. The smallest absolute Gasteiger partial charge is 0.329 e. The molecule has 0 aliphatic heterocycles. The van der Waals surface area contributed by atoms with E-state index < -0.39 is 35.2 Å². The molecule has 0 spiro atoms. The molecule has 2 rings (SSSR count). The summed E-state index contributed by atoms with van der Waals surface area (Å²) in [6, 6.07) is 4.35. The Kier molecular flexibility index (Phi) is 5.74. The van der Waals surface area contributed by atoms with Crippen molar-refractivity contribution in [2.45, 2.75) is 45.2 Å². The van der Waals surface area contributed by atoms with E-state index in [0.29, 0.717) is 17.3 Å². The van der Waals surface area contributed by atoms with Crippen LogP contribution < -0.4 is 16.6 Å². The van der Waals surface area contributed by atoms with Crippen molar-refractivity contribution in [3.05, 3.63) is 45.1 Å². The first-order chi connectivity index (χ1) is 11.9. The number of carboxylic acid groups (broad SMARTS) is 1. The molecular formula is C17H21N3O5. The maximum absolute atomic E-state index is 12.7. The Bertz CT molecular complexity index is 899. The van der Waals surface area contributed by atoms with E-state index in [9.17, 15) is 19.2 Å². The van der Waals surface area contributed by atoms with E-state index in [1.165, 1.54) is 6.92 Å². The number of aliphatic carboxylic acids is 1. The van der Waals surface area contributed by atoms with Gasteiger partial charge >= 0.3 is 11.7 Å². The number of aromatic amines is 1. The van der Waals surface area contributed by atoms with Gasteiger partial charge in [-0.15, -0.1) is 0 Å². The molecule has 25 heavy (non-hydrogen) atoms. The highest BCUT2D eigenvalue weighted by atomic mass is 16.4. The molecule has 0 radical (unpaired) electrons. The van der Waals surface area contributed by atoms with Gasteiger partial charge in [-0.2, -0.15) is 0 Å². The molecule has 0 fully saturated rings. The highest BCUT2D eigenvalue weighted by Gasteiger charge is 2.26. The van der Waals surface area contributed by atoms with Crippen LogP contribution in [0.5, 0.6) is 0 Å². The largest absolute Gasteiger partial charge is 0.480 e. The Hall–Kier alpha value is -2.90. The predicted molar refractivity (Wildman–Crippen MR) is 92.6 cm³/mol. The number of unbranched alkanes of at least 4 members (excludes halogenated alkanes) is 1. The summed E-state index contributed by atoms with van der Waals surface area (Å²) in [6.07, 6.45) is 1.63. The van der Waals surface area contributed by atoms with E-state index in [0.717, 1.165) is 11.0 Å². The van der Waals surface area contributed by atoms with E-state index in [1.807, 2.05) is 6.92 Å². The number of carbonyl (C=O) groups excluding carboxylic acids is 1. The van der Waals surface area contributed by atoms with Gasteiger partial charge in [0.25, 0.3) is 5.56 Å². The second-order valence-electron chi connectivity index (χ2n) is 5.88. The number of amides is 1. The summed E-state index contributed by atoms with van der Waals surface area (Å²) in [7, 11) is 0. The molecule has 3 N–H and O–H groups in total. The average Bonchev–Trinajstić information content (AvgIpc) is 2.57. The third-order valence-electron chi connectivity index (χ3n) is 4.01. The van der Waals surface area contributed by atoms with Gasteiger partial charge in [0, 0.05) is 0 Å². The van der Waals surface area contributed by atoms with Crippen LogP contribution >= 0.6 is 0 Å². The van der Waals surface area contributed by atoms with Crippen LogP contribution in [0.1, 0.15) is 39.2 Å². The third kappa shape index (κ3) is 3.96. The van der Waals surface area contributed by atoms with Gasteiger partial charge in [-0.05, 0) is 25.5 Å². The molecule has 0 unspecified atom stereocenters. The van der Waals surface area contributed by atoms with Crippen LogP contribution in [0, 0.1) is 0 Å². The van der Waals surface area contributed by atoms with Crippen LogP contribution in [0.3, 0.4) is 0 Å². The first-order valence-corrected chi connectivity index (χ1v) is 8.13. The maximum Gasteiger partial charge on any atom is 0.329 e. The Labute approximate surface area is 143 Å². The summed E-state index contributed by atoms with van der Waals surface area (Å²) < 4.78 is 0.877. The molecule has 2 atom stereocenters. The molecule has 2 aromatic rings. The van der Waals surface area contributed by atoms with Crippen molar-refractivity contribution in [3.63, 3.8) is 0 Å². The monoisotopic (exact) mass is 347 g/mol. The van der Waals surface area contributed by atoms with Gasteiger partial charge in [-0.1, -0.05) is 31.9 Å². The number of hydrogen-bond acceptors (Lipinski definition) is 4. The highest BCUT2D eigenvalue weighted by molar-refractivity contribution is 5.86. The van der Waals surface area contributed by atoms with Crippen LogP contribution in [-0.4, -0.2) is 32.6 Å². The molecule has 0 bridgehead atoms. The lowest BCUT2D eigenvalue weighted by Gasteiger charge is -2.20. The van der Waals surface area contributed by atoms with Gasteiger partial charge in [-0.25, -0.2) is 9.36 Å². The number of fused-ring (bicyclic) bond motifs is 1. The molecule has 0 aliphatic rings. The summed E-state index contributed by atoms with van der Waals surface area (Å²) in [6.45, 7) is 3.24. The summed E-state index contributed by atoms with van der Waals surface area (Å²) >= 11 is 0. The maximum atomic E-state index is 12.7. The van der Waals surface area contributed by atoms with E-state index in [1.54, 1.807) is 24.3 Å². The van der Waals surface area contributed by atoms with Gasteiger partial charge in [-0.3, -0.25) is 14.4 Å². The molecule has 1 aromatic heterocycles. The minimum absolute atomic E-state index is 0.260. The minimum Gasteiger partial charge on any atom is -0.480 e. The summed E-state index contributed by atoms with van der Waals surface area (Å²) in [5.41, 5.74) is -0.871. The summed E-state index contributed by atoms with van der Waals surface area (Å²) in [5.74, 6) is -1.85.